The smallest absolute Gasteiger partial charge is 0.312 e. The molecule has 3 saturated heterocycles. The maximum Gasteiger partial charge on any atom is 0.312 e. The Morgan fingerprint density at radius 3 is 2.36 bits per heavy atom. The van der Waals surface area contributed by atoms with Crippen molar-refractivity contribution in [3.63, 3.8) is 0 Å². The second-order valence-corrected chi connectivity index (χ2v) is 12.2. The minimum absolute atomic E-state index is 0.0708. The van der Waals surface area contributed by atoms with E-state index in [-0.39, 0.29) is 31.6 Å². The molecule has 0 radical (unpaired) electrons. The summed E-state index contributed by atoms with van der Waals surface area (Å²) in [5, 5.41) is 9.33. The first-order valence-electron chi connectivity index (χ1n) is 16.4. The van der Waals surface area contributed by atoms with E-state index in [1.165, 1.54) is 0 Å². The Labute approximate surface area is 262 Å². The van der Waals surface area contributed by atoms with Crippen LogP contribution in [-0.2, 0) is 23.9 Å². The molecule has 4 rings (SSSR count). The molecule has 2 unspecified atom stereocenters. The fraction of sp³-hybridized carbons (Fsp3) is 0.629. The molecule has 0 saturated carbocycles. The lowest BCUT2D eigenvalue weighted by atomic mass is 9.65. The molecule has 3 aliphatic heterocycles. The molecular formula is C35H51N3O6. The van der Waals surface area contributed by atoms with E-state index >= 15 is 0 Å². The summed E-state index contributed by atoms with van der Waals surface area (Å²) in [7, 11) is 0. The maximum absolute atomic E-state index is 14.8. The minimum Gasteiger partial charge on any atom is -0.465 e. The van der Waals surface area contributed by atoms with Gasteiger partial charge in [-0.1, -0.05) is 19.1 Å². The molecule has 1 N–H and O–H groups in total. The summed E-state index contributed by atoms with van der Waals surface area (Å²) in [6.45, 7) is 16.5. The number of aliphatic hydroxyl groups is 1. The van der Waals surface area contributed by atoms with Gasteiger partial charge in [0.2, 0.25) is 5.91 Å². The van der Waals surface area contributed by atoms with Crippen molar-refractivity contribution >= 4 is 29.2 Å². The van der Waals surface area contributed by atoms with Gasteiger partial charge in [-0.2, -0.15) is 0 Å². The molecule has 1 spiro atoms. The number of aliphatic hydroxyl groups excluding tert-OH is 1. The second-order valence-electron chi connectivity index (χ2n) is 12.2. The molecule has 3 aliphatic rings. The Hall–Kier alpha value is -3.17. The molecule has 1 aromatic rings. The lowest BCUT2D eigenvalue weighted by Crippen LogP contribution is -2.56. The van der Waals surface area contributed by atoms with E-state index < -0.39 is 35.0 Å². The Kier molecular flexibility index (Phi) is 11.3. The summed E-state index contributed by atoms with van der Waals surface area (Å²) < 4.78 is 12.6. The van der Waals surface area contributed by atoms with E-state index in [4.69, 9.17) is 9.47 Å². The third kappa shape index (κ3) is 6.05. The number of allylic oxidation sites excluding steroid dienone is 1. The van der Waals surface area contributed by atoms with Gasteiger partial charge < -0.3 is 29.3 Å². The first kappa shape index (κ1) is 33.7. The van der Waals surface area contributed by atoms with Gasteiger partial charge in [0.15, 0.2) is 0 Å². The quantitative estimate of drug-likeness (QED) is 0.144. The zero-order valence-electron chi connectivity index (χ0n) is 26.8. The molecular weight excluding hydrogens is 558 g/mol. The average Bonchev–Trinajstić information content (AvgIpc) is 3.64. The van der Waals surface area contributed by atoms with E-state index in [1.54, 1.807) is 22.0 Å². The number of carbonyl (C=O) groups excluding carboxylic acids is 3. The van der Waals surface area contributed by atoms with Crippen LogP contribution in [0, 0.1) is 11.8 Å². The van der Waals surface area contributed by atoms with Crippen molar-refractivity contribution in [2.75, 3.05) is 49.2 Å². The summed E-state index contributed by atoms with van der Waals surface area (Å²) in [4.78, 5) is 48.4. The number of hydrogen-bond donors (Lipinski definition) is 1. The van der Waals surface area contributed by atoms with Crippen molar-refractivity contribution in [3.05, 3.63) is 49.6 Å². The van der Waals surface area contributed by atoms with Crippen LogP contribution in [-0.4, -0.2) is 84.4 Å². The number of likely N-dealkylation sites (tertiary alicyclic amines) is 1. The van der Waals surface area contributed by atoms with E-state index in [0.29, 0.717) is 50.8 Å². The first-order valence-corrected chi connectivity index (χ1v) is 16.4. The van der Waals surface area contributed by atoms with E-state index in [2.05, 4.69) is 31.9 Å². The molecule has 242 valence electrons. The van der Waals surface area contributed by atoms with Gasteiger partial charge >= 0.3 is 5.97 Å². The van der Waals surface area contributed by atoms with E-state index in [0.717, 1.165) is 31.6 Å². The molecule has 3 fully saturated rings. The van der Waals surface area contributed by atoms with Crippen molar-refractivity contribution in [2.45, 2.75) is 89.4 Å². The number of nitrogens with zero attached hydrogens (tertiary/aromatic N) is 3. The van der Waals surface area contributed by atoms with Gasteiger partial charge in [0.25, 0.3) is 5.91 Å². The number of esters is 1. The van der Waals surface area contributed by atoms with E-state index in [9.17, 15) is 19.5 Å². The summed E-state index contributed by atoms with van der Waals surface area (Å²) >= 11 is 0. The number of unbranched alkanes of at least 4 members (excludes halogenated alkanes) is 3. The fourth-order valence-electron chi connectivity index (χ4n) is 7.69. The number of fused-ring (bicyclic) bond motifs is 1. The van der Waals surface area contributed by atoms with Gasteiger partial charge in [-0.3, -0.25) is 14.4 Å². The largest absolute Gasteiger partial charge is 0.465 e. The summed E-state index contributed by atoms with van der Waals surface area (Å²) in [5.41, 5.74) is -0.171. The lowest BCUT2D eigenvalue weighted by molar-refractivity contribution is -0.161. The van der Waals surface area contributed by atoms with Crippen LogP contribution in [0.1, 0.15) is 72.1 Å². The molecule has 0 aliphatic carbocycles. The Morgan fingerprint density at radius 1 is 1.05 bits per heavy atom. The highest BCUT2D eigenvalue weighted by Gasteiger charge is 2.79. The van der Waals surface area contributed by atoms with Crippen LogP contribution >= 0.6 is 0 Å². The zero-order valence-corrected chi connectivity index (χ0v) is 26.8. The number of hydrogen-bond acceptors (Lipinski definition) is 7. The highest BCUT2D eigenvalue weighted by Crippen LogP contribution is 2.64. The van der Waals surface area contributed by atoms with Gasteiger partial charge in [-0.05, 0) is 89.5 Å². The first-order chi connectivity index (χ1) is 21.3. The zero-order chi connectivity index (χ0) is 31.9. The topological polar surface area (TPSA) is 99.6 Å². The lowest BCUT2D eigenvalue weighted by Gasteiger charge is -2.37. The SMILES string of the molecule is C=CCCCOC(=O)[C@H]1[C@H]2C(=O)N(CCCCCO)C(C(=O)N(CC=C)c3ccc(N(CC)CC)cc3)C23CC[C@]1(CC)O3. The van der Waals surface area contributed by atoms with Gasteiger partial charge in [-0.15, -0.1) is 13.2 Å². The van der Waals surface area contributed by atoms with Crippen molar-refractivity contribution in [1.82, 2.24) is 4.90 Å². The van der Waals surface area contributed by atoms with Crippen molar-refractivity contribution in [2.24, 2.45) is 11.8 Å². The minimum atomic E-state index is -1.12. The third-order valence-electron chi connectivity index (χ3n) is 9.89. The number of ether oxygens (including phenoxy) is 2. The van der Waals surface area contributed by atoms with Crippen LogP contribution < -0.4 is 9.80 Å². The summed E-state index contributed by atoms with van der Waals surface area (Å²) in [6, 6.07) is 7.03. The third-order valence-corrected chi connectivity index (χ3v) is 9.89. The number of anilines is 2. The Bertz CT molecular complexity index is 1180. The van der Waals surface area contributed by atoms with Crippen molar-refractivity contribution in [1.29, 1.82) is 0 Å². The van der Waals surface area contributed by atoms with Crippen LogP contribution in [0.15, 0.2) is 49.6 Å². The van der Waals surface area contributed by atoms with Crippen molar-refractivity contribution < 1.29 is 29.0 Å². The predicted molar refractivity (Wildman–Crippen MR) is 172 cm³/mol. The van der Waals surface area contributed by atoms with E-state index in [1.807, 2.05) is 31.2 Å². The average molecular weight is 610 g/mol. The maximum atomic E-state index is 14.8. The monoisotopic (exact) mass is 609 g/mol. The predicted octanol–water partition coefficient (Wildman–Crippen LogP) is 4.88. The van der Waals surface area contributed by atoms with Crippen LogP contribution in [0.5, 0.6) is 0 Å². The van der Waals surface area contributed by atoms with Crippen LogP contribution in [0.3, 0.4) is 0 Å². The number of carbonyl (C=O) groups is 3. The molecule has 9 nitrogen and oxygen atoms in total. The molecule has 0 aromatic heterocycles. The van der Waals surface area contributed by atoms with Crippen LogP contribution in [0.4, 0.5) is 11.4 Å². The normalized spacial score (nSPS) is 26.9. The Balaban J connectivity index is 1.72. The molecule has 5 atom stereocenters. The molecule has 44 heavy (non-hydrogen) atoms. The number of amides is 2. The fourth-order valence-corrected chi connectivity index (χ4v) is 7.69. The molecule has 9 heteroatoms. The van der Waals surface area contributed by atoms with Gasteiger partial charge in [0, 0.05) is 44.2 Å². The van der Waals surface area contributed by atoms with Crippen molar-refractivity contribution in [3.8, 4) is 0 Å². The molecule has 3 heterocycles. The molecule has 2 amide bonds. The van der Waals surface area contributed by atoms with Crippen LogP contribution in [0.2, 0.25) is 0 Å². The Morgan fingerprint density at radius 2 is 1.75 bits per heavy atom. The second kappa shape index (κ2) is 14.7. The van der Waals surface area contributed by atoms with Crippen LogP contribution in [0.25, 0.3) is 0 Å². The summed E-state index contributed by atoms with van der Waals surface area (Å²) in [5.74, 6) is -2.42. The van der Waals surface area contributed by atoms with Gasteiger partial charge in [-0.25, -0.2) is 0 Å². The molecule has 1 aromatic carbocycles. The van der Waals surface area contributed by atoms with Gasteiger partial charge in [0.1, 0.15) is 17.6 Å². The number of benzene rings is 1. The number of rotatable bonds is 18. The highest BCUT2D eigenvalue weighted by atomic mass is 16.6. The molecule has 2 bridgehead atoms. The highest BCUT2D eigenvalue weighted by molar-refractivity contribution is 6.05. The van der Waals surface area contributed by atoms with Gasteiger partial charge in [0.05, 0.1) is 18.1 Å². The summed E-state index contributed by atoms with van der Waals surface area (Å²) in [6.07, 6.45) is 8.49. The standard InChI is InChI=1S/C35H51N3O6/c1-6-11-15-25-43-33(42)29-28-31(40)38(23-13-12-14-24-39)30(35(28)21-20-34(29,8-3)44-35)32(41)37(22-7-2)27-18-16-26(17-19-27)36(9-4)10-5/h6-7,16-19,28-30,39H,1-2,8-15,20-25H2,3-5H3/t28-,29+,30?,34-,35?/m0/s1.